The van der Waals surface area contributed by atoms with Gasteiger partial charge in [0.1, 0.15) is 0 Å². The molecule has 3 N–H and O–H groups in total. The van der Waals surface area contributed by atoms with Crippen molar-refractivity contribution in [2.45, 2.75) is 6.54 Å². The number of halogens is 1. The minimum absolute atomic E-state index is 0.304. The van der Waals surface area contributed by atoms with Crippen molar-refractivity contribution in [3.8, 4) is 0 Å². The average molecular weight is 272 g/mol. The number of thiocarbonyl (C=S) groups is 1. The maximum absolute atomic E-state index is 5.95. The summed E-state index contributed by atoms with van der Waals surface area (Å²) in [6.45, 7) is 0.419. The second-order valence-electron chi connectivity index (χ2n) is 3.46. The zero-order valence-electron chi connectivity index (χ0n) is 9.64. The molecule has 0 saturated carbocycles. The van der Waals surface area contributed by atoms with Gasteiger partial charge in [0.25, 0.3) is 0 Å². The van der Waals surface area contributed by atoms with Crippen molar-refractivity contribution in [1.82, 2.24) is 15.2 Å². The van der Waals surface area contributed by atoms with Gasteiger partial charge in [-0.1, -0.05) is 11.6 Å². The highest BCUT2D eigenvalue weighted by Crippen LogP contribution is 2.11. The van der Waals surface area contributed by atoms with Crippen LogP contribution >= 0.6 is 23.8 Å². The second kappa shape index (κ2) is 6.36. The number of hydrogen-bond acceptors (Lipinski definition) is 2. The summed E-state index contributed by atoms with van der Waals surface area (Å²) in [6, 6.07) is 3.54. The fourth-order valence-electron chi connectivity index (χ4n) is 0.951. The summed E-state index contributed by atoms with van der Waals surface area (Å²) in [6.07, 6.45) is 1.67. The first kappa shape index (κ1) is 13.7. The molecule has 17 heavy (non-hydrogen) atoms. The highest BCUT2D eigenvalue weighted by molar-refractivity contribution is 7.80. The first-order valence-corrected chi connectivity index (χ1v) is 5.68. The largest absolute Gasteiger partial charge is 0.369 e. The highest BCUT2D eigenvalue weighted by Gasteiger charge is 2.02. The third kappa shape index (κ3) is 4.54. The van der Waals surface area contributed by atoms with Crippen LogP contribution in [0.4, 0.5) is 0 Å². The number of aliphatic imine (C=N–C) groups is 1. The van der Waals surface area contributed by atoms with Crippen LogP contribution in [0.15, 0.2) is 23.3 Å². The van der Waals surface area contributed by atoms with Gasteiger partial charge in [0.05, 0.1) is 17.3 Å². The van der Waals surface area contributed by atoms with E-state index in [9.17, 15) is 0 Å². The summed E-state index contributed by atoms with van der Waals surface area (Å²) in [5.74, 6) is 0.342. The second-order valence-corrected chi connectivity index (χ2v) is 4.25. The van der Waals surface area contributed by atoms with Crippen LogP contribution in [0.1, 0.15) is 5.69 Å². The van der Waals surface area contributed by atoms with Crippen molar-refractivity contribution < 1.29 is 0 Å². The van der Waals surface area contributed by atoms with Gasteiger partial charge in [-0.05, 0) is 24.4 Å². The number of rotatable bonds is 2. The Bertz CT molecular complexity index is 432. The van der Waals surface area contributed by atoms with E-state index in [2.05, 4.69) is 15.3 Å². The molecular weight excluding hydrogens is 258 g/mol. The Morgan fingerprint density at radius 1 is 1.65 bits per heavy atom. The molecule has 0 atom stereocenters. The predicted octanol–water partition coefficient (Wildman–Crippen LogP) is 0.986. The van der Waals surface area contributed by atoms with Gasteiger partial charge in [0, 0.05) is 20.3 Å². The van der Waals surface area contributed by atoms with Crippen LogP contribution in [-0.2, 0) is 6.54 Å². The number of nitrogens with one attached hydrogen (secondary N) is 1. The molecule has 7 heteroatoms. The molecule has 0 aliphatic heterocycles. The van der Waals surface area contributed by atoms with Crippen LogP contribution in [0.2, 0.25) is 5.02 Å². The fraction of sp³-hybridized carbons (Fsp3) is 0.300. The molecule has 0 radical (unpaired) electrons. The van der Waals surface area contributed by atoms with E-state index in [-0.39, 0.29) is 0 Å². The van der Waals surface area contributed by atoms with Crippen LogP contribution in [0.25, 0.3) is 0 Å². The van der Waals surface area contributed by atoms with Crippen molar-refractivity contribution >= 4 is 34.9 Å². The lowest BCUT2D eigenvalue weighted by atomic mass is 10.3. The fourth-order valence-corrected chi connectivity index (χ4v) is 1.31. The maximum Gasteiger partial charge on any atom is 0.198 e. The molecule has 92 valence electrons. The molecule has 0 spiro atoms. The van der Waals surface area contributed by atoms with Gasteiger partial charge >= 0.3 is 0 Å². The van der Waals surface area contributed by atoms with Crippen LogP contribution in [0.3, 0.4) is 0 Å². The third-order valence-corrected chi connectivity index (χ3v) is 2.50. The Labute approximate surface area is 111 Å². The van der Waals surface area contributed by atoms with Gasteiger partial charge in [-0.2, -0.15) is 4.99 Å². The van der Waals surface area contributed by atoms with E-state index in [4.69, 9.17) is 29.6 Å². The lowest BCUT2D eigenvalue weighted by Gasteiger charge is -2.11. The normalized spacial score (nSPS) is 11.1. The molecule has 1 rings (SSSR count). The van der Waals surface area contributed by atoms with Crippen LogP contribution in [-0.4, -0.2) is 35.1 Å². The van der Waals surface area contributed by atoms with E-state index in [0.29, 0.717) is 22.6 Å². The first-order chi connectivity index (χ1) is 8.00. The maximum atomic E-state index is 5.95. The van der Waals surface area contributed by atoms with E-state index in [1.807, 2.05) is 0 Å². The molecule has 1 heterocycles. The standard InChI is InChI=1S/C10H14ClN5S/c1-16(2)9(12)15-10(17)14-6-8-7(11)4-3-5-13-8/h3-5H,6H2,1-2H3,(H3,12,14,15,17). The minimum Gasteiger partial charge on any atom is -0.369 e. The molecule has 5 nitrogen and oxygen atoms in total. The van der Waals surface area contributed by atoms with Gasteiger partial charge in [0.2, 0.25) is 0 Å². The van der Waals surface area contributed by atoms with Crippen molar-refractivity contribution in [3.63, 3.8) is 0 Å². The van der Waals surface area contributed by atoms with E-state index in [1.165, 1.54) is 0 Å². The third-order valence-electron chi connectivity index (χ3n) is 1.92. The Hall–Kier alpha value is -1.40. The summed E-state index contributed by atoms with van der Waals surface area (Å²) in [5, 5.41) is 3.81. The molecule has 0 aromatic carbocycles. The molecule has 1 aromatic rings. The summed E-state index contributed by atoms with van der Waals surface area (Å²) in [5.41, 5.74) is 6.34. The van der Waals surface area contributed by atoms with E-state index >= 15 is 0 Å². The monoisotopic (exact) mass is 271 g/mol. The van der Waals surface area contributed by atoms with Crippen LogP contribution in [0, 0.1) is 0 Å². The van der Waals surface area contributed by atoms with Gasteiger partial charge in [-0.15, -0.1) is 0 Å². The van der Waals surface area contributed by atoms with Gasteiger partial charge in [-0.25, -0.2) is 0 Å². The van der Waals surface area contributed by atoms with Crippen molar-refractivity contribution in [2.24, 2.45) is 10.7 Å². The molecule has 0 saturated heterocycles. The van der Waals surface area contributed by atoms with Crippen LogP contribution in [0.5, 0.6) is 0 Å². The van der Waals surface area contributed by atoms with Gasteiger partial charge in [-0.3, -0.25) is 4.98 Å². The van der Waals surface area contributed by atoms with Crippen molar-refractivity contribution in [3.05, 3.63) is 29.0 Å². The zero-order chi connectivity index (χ0) is 12.8. The number of nitrogens with two attached hydrogens (primary N) is 1. The Morgan fingerprint density at radius 2 is 2.35 bits per heavy atom. The van der Waals surface area contributed by atoms with Gasteiger partial charge in [0.15, 0.2) is 11.1 Å². The number of aromatic nitrogens is 1. The van der Waals surface area contributed by atoms with Crippen molar-refractivity contribution in [2.75, 3.05) is 14.1 Å². The molecular formula is C10H14ClN5S. The molecule has 0 bridgehead atoms. The predicted molar refractivity (Wildman–Crippen MR) is 74.0 cm³/mol. The first-order valence-electron chi connectivity index (χ1n) is 4.89. The summed E-state index contributed by atoms with van der Waals surface area (Å²) in [7, 11) is 3.58. The molecule has 0 aliphatic carbocycles. The number of pyridine rings is 1. The summed E-state index contributed by atoms with van der Waals surface area (Å²) in [4.78, 5) is 9.78. The smallest absolute Gasteiger partial charge is 0.198 e. The lowest BCUT2D eigenvalue weighted by molar-refractivity contribution is 0.615. The number of guanidine groups is 1. The topological polar surface area (TPSA) is 66.5 Å². The van der Waals surface area contributed by atoms with E-state index in [0.717, 1.165) is 5.69 Å². The minimum atomic E-state index is 0.304. The molecule has 0 fully saturated rings. The van der Waals surface area contributed by atoms with Crippen molar-refractivity contribution in [1.29, 1.82) is 0 Å². The number of hydrogen-bond donors (Lipinski definition) is 2. The zero-order valence-corrected chi connectivity index (χ0v) is 11.2. The lowest BCUT2D eigenvalue weighted by Crippen LogP contribution is -2.33. The Balaban J connectivity index is 2.55. The highest BCUT2D eigenvalue weighted by atomic mass is 35.5. The van der Waals surface area contributed by atoms with Gasteiger partial charge < -0.3 is 16.0 Å². The average Bonchev–Trinajstić information content (AvgIpc) is 2.27. The molecule has 0 amide bonds. The van der Waals surface area contributed by atoms with E-state index in [1.54, 1.807) is 37.3 Å². The quantitative estimate of drug-likeness (QED) is 0.477. The summed E-state index contributed by atoms with van der Waals surface area (Å²) < 4.78 is 0. The molecule has 0 aliphatic rings. The molecule has 0 unspecified atom stereocenters. The molecule has 1 aromatic heterocycles. The van der Waals surface area contributed by atoms with E-state index < -0.39 is 0 Å². The SMILES string of the molecule is CN(C)C(N)=NC(=S)NCc1ncccc1Cl. The number of nitrogens with zero attached hydrogens (tertiary/aromatic N) is 3. The Morgan fingerprint density at radius 3 is 2.94 bits per heavy atom. The van der Waals surface area contributed by atoms with Crippen LogP contribution < -0.4 is 11.1 Å². The Kier molecular flexibility index (Phi) is 5.11. The summed E-state index contributed by atoms with van der Waals surface area (Å²) >= 11 is 11.0.